The van der Waals surface area contributed by atoms with Crippen LogP contribution in [0.4, 0.5) is 10.1 Å². The molecule has 2 rings (SSSR count). The van der Waals surface area contributed by atoms with Gasteiger partial charge < -0.3 is 9.64 Å². The number of carbonyl (C=O) groups excluding carboxylic acids is 1. The van der Waals surface area contributed by atoms with Crippen LogP contribution in [-0.2, 0) is 4.79 Å². The van der Waals surface area contributed by atoms with Crippen molar-refractivity contribution in [3.8, 4) is 5.75 Å². The van der Waals surface area contributed by atoms with Gasteiger partial charge in [0.25, 0.3) is 0 Å². The van der Waals surface area contributed by atoms with Gasteiger partial charge in [-0.15, -0.1) is 6.58 Å². The topological polar surface area (TPSA) is 29.5 Å². The molecule has 0 N–H and O–H groups in total. The van der Waals surface area contributed by atoms with Crippen molar-refractivity contribution in [3.05, 3.63) is 73.1 Å². The lowest BCUT2D eigenvalue weighted by atomic mass is 10.2. The molecule has 3 nitrogen and oxygen atoms in total. The van der Waals surface area contributed by atoms with Gasteiger partial charge in [0, 0.05) is 12.2 Å². The molecule has 1 amide bonds. The molecular weight excluding hydrogens is 281 g/mol. The molecule has 0 aliphatic carbocycles. The van der Waals surface area contributed by atoms with Crippen LogP contribution in [0.2, 0.25) is 0 Å². The van der Waals surface area contributed by atoms with Crippen LogP contribution in [0.15, 0.2) is 67.3 Å². The molecule has 114 valence electrons. The Bertz CT molecular complexity index is 611. The Kier molecular flexibility index (Phi) is 5.72. The van der Waals surface area contributed by atoms with Crippen LogP contribution in [0, 0.1) is 5.82 Å². The zero-order valence-electron chi connectivity index (χ0n) is 12.2. The quantitative estimate of drug-likeness (QED) is 0.728. The fraction of sp³-hybridized carbons (Fsp3) is 0.167. The highest BCUT2D eigenvalue weighted by Gasteiger charge is 2.14. The monoisotopic (exact) mass is 299 g/mol. The van der Waals surface area contributed by atoms with E-state index < -0.39 is 0 Å². The predicted molar refractivity (Wildman–Crippen MR) is 85.5 cm³/mol. The highest BCUT2D eigenvalue weighted by Crippen LogP contribution is 2.15. The van der Waals surface area contributed by atoms with Gasteiger partial charge in [-0.25, -0.2) is 4.39 Å². The zero-order chi connectivity index (χ0) is 15.8. The third-order valence-corrected chi connectivity index (χ3v) is 3.08. The number of para-hydroxylation sites is 1. The lowest BCUT2D eigenvalue weighted by Crippen LogP contribution is -2.32. The van der Waals surface area contributed by atoms with Crippen molar-refractivity contribution in [2.75, 3.05) is 18.1 Å². The molecule has 0 atom stereocenters. The molecular formula is C18H18FNO2. The van der Waals surface area contributed by atoms with E-state index in [1.807, 2.05) is 30.3 Å². The van der Waals surface area contributed by atoms with Crippen molar-refractivity contribution in [2.24, 2.45) is 0 Å². The van der Waals surface area contributed by atoms with E-state index in [0.29, 0.717) is 12.3 Å². The maximum Gasteiger partial charge on any atom is 0.230 e. The number of nitrogens with zero attached hydrogens (tertiary/aromatic N) is 1. The van der Waals surface area contributed by atoms with E-state index in [-0.39, 0.29) is 24.8 Å². The minimum Gasteiger partial charge on any atom is -0.493 e. The van der Waals surface area contributed by atoms with Crippen molar-refractivity contribution in [2.45, 2.75) is 6.42 Å². The van der Waals surface area contributed by atoms with Gasteiger partial charge in [0.05, 0.1) is 13.0 Å². The van der Waals surface area contributed by atoms with Crippen LogP contribution in [0.5, 0.6) is 5.75 Å². The summed E-state index contributed by atoms with van der Waals surface area (Å²) in [4.78, 5) is 14.0. The number of amides is 1. The highest BCUT2D eigenvalue weighted by atomic mass is 19.1. The Morgan fingerprint density at radius 1 is 1.14 bits per heavy atom. The molecule has 0 unspecified atom stereocenters. The Hall–Kier alpha value is -2.62. The molecule has 2 aromatic carbocycles. The van der Waals surface area contributed by atoms with Crippen molar-refractivity contribution in [1.82, 2.24) is 0 Å². The average molecular weight is 299 g/mol. The zero-order valence-corrected chi connectivity index (χ0v) is 12.2. The SMILES string of the molecule is C=CCN(C(=O)CCOc1ccc(F)cc1)c1ccccc1. The summed E-state index contributed by atoms with van der Waals surface area (Å²) in [6, 6.07) is 15.1. The molecule has 0 radical (unpaired) electrons. The Balaban J connectivity index is 1.91. The van der Waals surface area contributed by atoms with Gasteiger partial charge in [-0.2, -0.15) is 0 Å². The van der Waals surface area contributed by atoms with Crippen LogP contribution in [0.1, 0.15) is 6.42 Å². The molecule has 2 aromatic rings. The minimum absolute atomic E-state index is 0.0480. The van der Waals surface area contributed by atoms with Crippen LogP contribution < -0.4 is 9.64 Å². The fourth-order valence-electron chi connectivity index (χ4n) is 2.01. The molecule has 0 aromatic heterocycles. The molecule has 0 spiro atoms. The first-order valence-corrected chi connectivity index (χ1v) is 7.05. The minimum atomic E-state index is -0.315. The van der Waals surface area contributed by atoms with Crippen molar-refractivity contribution in [1.29, 1.82) is 0 Å². The van der Waals surface area contributed by atoms with E-state index >= 15 is 0 Å². The second-order valence-corrected chi connectivity index (χ2v) is 4.68. The normalized spacial score (nSPS) is 10.0. The fourth-order valence-corrected chi connectivity index (χ4v) is 2.01. The number of hydrogen-bond acceptors (Lipinski definition) is 2. The van der Waals surface area contributed by atoms with Gasteiger partial charge in [0.1, 0.15) is 11.6 Å². The first-order chi connectivity index (χ1) is 10.7. The van der Waals surface area contributed by atoms with Gasteiger partial charge >= 0.3 is 0 Å². The summed E-state index contributed by atoms with van der Waals surface area (Å²) in [5.41, 5.74) is 0.828. The standard InChI is InChI=1S/C18H18FNO2/c1-2-13-20(16-6-4-3-5-7-16)18(21)12-14-22-17-10-8-15(19)9-11-17/h2-11H,1,12-14H2. The van der Waals surface area contributed by atoms with Gasteiger partial charge in [-0.3, -0.25) is 4.79 Å². The third-order valence-electron chi connectivity index (χ3n) is 3.08. The molecule has 0 fully saturated rings. The Morgan fingerprint density at radius 3 is 2.45 bits per heavy atom. The maximum absolute atomic E-state index is 12.8. The van der Waals surface area contributed by atoms with Gasteiger partial charge in [-0.1, -0.05) is 24.3 Å². The van der Waals surface area contributed by atoms with Crippen LogP contribution >= 0.6 is 0 Å². The van der Waals surface area contributed by atoms with Gasteiger partial charge in [-0.05, 0) is 36.4 Å². The summed E-state index contributed by atoms with van der Waals surface area (Å²) >= 11 is 0. The number of hydrogen-bond donors (Lipinski definition) is 0. The molecule has 0 saturated heterocycles. The van der Waals surface area contributed by atoms with Crippen LogP contribution in [0.25, 0.3) is 0 Å². The van der Waals surface area contributed by atoms with E-state index in [1.165, 1.54) is 12.1 Å². The predicted octanol–water partition coefficient (Wildman–Crippen LogP) is 3.81. The van der Waals surface area contributed by atoms with Gasteiger partial charge in [0.2, 0.25) is 5.91 Å². The highest BCUT2D eigenvalue weighted by molar-refractivity contribution is 5.93. The third kappa shape index (κ3) is 4.45. The van der Waals surface area contributed by atoms with Crippen LogP contribution in [0.3, 0.4) is 0 Å². The maximum atomic E-state index is 12.8. The Morgan fingerprint density at radius 2 is 1.82 bits per heavy atom. The smallest absolute Gasteiger partial charge is 0.230 e. The molecule has 22 heavy (non-hydrogen) atoms. The van der Waals surface area contributed by atoms with E-state index in [4.69, 9.17) is 4.74 Å². The lowest BCUT2D eigenvalue weighted by Gasteiger charge is -2.21. The molecule has 0 saturated carbocycles. The molecule has 0 bridgehead atoms. The van der Waals surface area contributed by atoms with Crippen molar-refractivity contribution < 1.29 is 13.9 Å². The molecule has 4 heteroatoms. The summed E-state index contributed by atoms with van der Waals surface area (Å²) in [6.07, 6.45) is 1.92. The molecule has 0 aliphatic heterocycles. The number of rotatable bonds is 7. The number of ether oxygens (including phenoxy) is 1. The Labute approximate surface area is 129 Å². The number of benzene rings is 2. The summed E-state index contributed by atoms with van der Waals surface area (Å²) in [5, 5.41) is 0. The van der Waals surface area contributed by atoms with Crippen LogP contribution in [-0.4, -0.2) is 19.1 Å². The number of carbonyl (C=O) groups is 1. The van der Waals surface area contributed by atoms with E-state index in [2.05, 4.69) is 6.58 Å². The second kappa shape index (κ2) is 7.98. The summed E-state index contributed by atoms with van der Waals surface area (Å²) < 4.78 is 18.2. The van der Waals surface area contributed by atoms with E-state index in [0.717, 1.165) is 5.69 Å². The summed E-state index contributed by atoms with van der Waals surface area (Å²) in [6.45, 7) is 4.37. The first-order valence-electron chi connectivity index (χ1n) is 7.05. The van der Waals surface area contributed by atoms with E-state index in [1.54, 1.807) is 23.1 Å². The van der Waals surface area contributed by atoms with Crippen molar-refractivity contribution in [3.63, 3.8) is 0 Å². The second-order valence-electron chi connectivity index (χ2n) is 4.68. The van der Waals surface area contributed by atoms with Crippen molar-refractivity contribution >= 4 is 11.6 Å². The molecule has 0 heterocycles. The number of halogens is 1. The summed E-state index contributed by atoms with van der Waals surface area (Å²) in [5.74, 6) is 0.182. The lowest BCUT2D eigenvalue weighted by molar-refractivity contribution is -0.119. The largest absolute Gasteiger partial charge is 0.493 e. The molecule has 0 aliphatic rings. The average Bonchev–Trinajstić information content (AvgIpc) is 2.55. The van der Waals surface area contributed by atoms with Gasteiger partial charge in [0.15, 0.2) is 0 Å². The first kappa shape index (κ1) is 15.8. The number of anilines is 1. The van der Waals surface area contributed by atoms with E-state index in [9.17, 15) is 9.18 Å². The summed E-state index contributed by atoms with van der Waals surface area (Å²) in [7, 11) is 0.